The van der Waals surface area contributed by atoms with Crippen molar-refractivity contribution in [2.75, 3.05) is 11.9 Å². The third-order valence-electron chi connectivity index (χ3n) is 3.63. The molecule has 1 heterocycles. The quantitative estimate of drug-likeness (QED) is 0.491. The van der Waals surface area contributed by atoms with Crippen LogP contribution in [0.3, 0.4) is 0 Å². The molecule has 0 aromatic heterocycles. The van der Waals surface area contributed by atoms with Crippen LogP contribution >= 0.6 is 36.6 Å². The van der Waals surface area contributed by atoms with E-state index in [0.29, 0.717) is 15.8 Å². The largest absolute Gasteiger partial charge is 0.349 e. The van der Waals surface area contributed by atoms with Crippen molar-refractivity contribution >= 4 is 52.5 Å². The Morgan fingerprint density at radius 1 is 1.17 bits per heavy atom. The number of nitrogens with zero attached hydrogens (tertiary/aromatic N) is 2. The number of benzene rings is 2. The van der Waals surface area contributed by atoms with Gasteiger partial charge >= 0.3 is 0 Å². The molecule has 1 saturated heterocycles. The van der Waals surface area contributed by atoms with E-state index in [-0.39, 0.29) is 5.91 Å². The van der Waals surface area contributed by atoms with E-state index >= 15 is 0 Å². The molecule has 122 valence electrons. The van der Waals surface area contributed by atoms with Crippen molar-refractivity contribution in [3.05, 3.63) is 71.3 Å². The van der Waals surface area contributed by atoms with Crippen molar-refractivity contribution in [3.63, 3.8) is 0 Å². The minimum atomic E-state index is -0.0580. The van der Waals surface area contributed by atoms with Gasteiger partial charge in [-0.3, -0.25) is 9.69 Å². The maximum atomic E-state index is 12.7. The van der Waals surface area contributed by atoms with Crippen molar-refractivity contribution in [1.29, 1.82) is 0 Å². The molecule has 24 heavy (non-hydrogen) atoms. The SMILES string of the molecule is CN(/C=C1/SC(=S)N(Cc2ccccc2)C1=O)c1ccccc1S. The predicted octanol–water partition coefficient (Wildman–Crippen LogP) is 4.31. The van der Waals surface area contributed by atoms with Crippen molar-refractivity contribution < 1.29 is 4.79 Å². The summed E-state index contributed by atoms with van der Waals surface area (Å²) in [5.41, 5.74) is 2.00. The molecule has 2 aromatic carbocycles. The highest BCUT2D eigenvalue weighted by Crippen LogP contribution is 2.33. The maximum absolute atomic E-state index is 12.7. The third kappa shape index (κ3) is 3.66. The van der Waals surface area contributed by atoms with E-state index in [0.717, 1.165) is 16.1 Å². The fraction of sp³-hybridized carbons (Fsp3) is 0.111. The molecule has 2 aromatic rings. The highest BCUT2D eigenvalue weighted by atomic mass is 32.2. The van der Waals surface area contributed by atoms with Crippen LogP contribution in [0.5, 0.6) is 0 Å². The Bertz CT molecular complexity index is 805. The van der Waals surface area contributed by atoms with Gasteiger partial charge < -0.3 is 4.90 Å². The van der Waals surface area contributed by atoms with Crippen LogP contribution < -0.4 is 4.90 Å². The Hall–Kier alpha value is -1.76. The summed E-state index contributed by atoms with van der Waals surface area (Å²) in [6.45, 7) is 0.496. The van der Waals surface area contributed by atoms with Crippen LogP contribution in [0, 0.1) is 0 Å². The van der Waals surface area contributed by atoms with Gasteiger partial charge in [-0.05, 0) is 17.7 Å². The summed E-state index contributed by atoms with van der Waals surface area (Å²) in [7, 11) is 1.90. The molecule has 1 aliphatic rings. The summed E-state index contributed by atoms with van der Waals surface area (Å²) < 4.78 is 0.586. The Morgan fingerprint density at radius 2 is 1.83 bits per heavy atom. The van der Waals surface area contributed by atoms with Gasteiger partial charge in [-0.2, -0.15) is 0 Å². The Labute approximate surface area is 156 Å². The molecule has 0 bridgehead atoms. The number of hydrogen-bond acceptors (Lipinski definition) is 5. The lowest BCUT2D eigenvalue weighted by molar-refractivity contribution is -0.122. The van der Waals surface area contributed by atoms with Gasteiger partial charge in [0.05, 0.1) is 17.1 Å². The van der Waals surface area contributed by atoms with Crippen molar-refractivity contribution in [2.45, 2.75) is 11.4 Å². The average molecular weight is 373 g/mol. The monoisotopic (exact) mass is 372 g/mol. The van der Waals surface area contributed by atoms with Crippen LogP contribution in [-0.2, 0) is 11.3 Å². The normalized spacial score (nSPS) is 16.1. The van der Waals surface area contributed by atoms with Crippen molar-refractivity contribution in [1.82, 2.24) is 4.90 Å². The zero-order valence-corrected chi connectivity index (χ0v) is 15.6. The molecule has 0 saturated carbocycles. The topological polar surface area (TPSA) is 23.6 Å². The van der Waals surface area contributed by atoms with Crippen LogP contribution in [0.25, 0.3) is 0 Å². The fourth-order valence-electron chi connectivity index (χ4n) is 2.40. The first-order valence-corrected chi connectivity index (χ1v) is 9.03. The zero-order valence-electron chi connectivity index (χ0n) is 13.0. The highest BCUT2D eigenvalue weighted by Gasteiger charge is 2.32. The van der Waals surface area contributed by atoms with Crippen molar-refractivity contribution in [3.8, 4) is 0 Å². The molecular weight excluding hydrogens is 356 g/mol. The van der Waals surface area contributed by atoms with E-state index in [9.17, 15) is 4.79 Å². The molecule has 1 aliphatic heterocycles. The highest BCUT2D eigenvalue weighted by molar-refractivity contribution is 8.26. The summed E-state index contributed by atoms with van der Waals surface area (Å²) >= 11 is 11.2. The van der Waals surface area contributed by atoms with E-state index in [4.69, 9.17) is 12.2 Å². The number of para-hydroxylation sites is 1. The fourth-order valence-corrected chi connectivity index (χ4v) is 3.99. The Morgan fingerprint density at radius 3 is 2.54 bits per heavy atom. The molecule has 3 nitrogen and oxygen atoms in total. The van der Waals surface area contributed by atoms with E-state index in [1.165, 1.54) is 11.8 Å². The second-order valence-corrected chi connectivity index (χ2v) is 7.50. The Balaban J connectivity index is 1.79. The lowest BCUT2D eigenvalue weighted by Crippen LogP contribution is -2.27. The lowest BCUT2D eigenvalue weighted by atomic mass is 10.2. The second kappa shape index (κ2) is 7.42. The molecule has 0 N–H and O–H groups in total. The number of carbonyl (C=O) groups excluding carboxylic acids is 1. The molecule has 1 amide bonds. The van der Waals surface area contributed by atoms with Crippen LogP contribution in [0.1, 0.15) is 5.56 Å². The van der Waals surface area contributed by atoms with Gasteiger partial charge in [-0.1, -0.05) is 66.4 Å². The molecule has 0 unspecified atom stereocenters. The number of hydrogen-bond donors (Lipinski definition) is 1. The van der Waals surface area contributed by atoms with Gasteiger partial charge in [0.1, 0.15) is 4.32 Å². The zero-order chi connectivity index (χ0) is 17.1. The number of carbonyl (C=O) groups is 1. The smallest absolute Gasteiger partial charge is 0.267 e. The van der Waals surface area contributed by atoms with Gasteiger partial charge in [0.25, 0.3) is 5.91 Å². The first-order chi connectivity index (χ1) is 11.6. The molecule has 0 aliphatic carbocycles. The van der Waals surface area contributed by atoms with Gasteiger partial charge in [0.2, 0.25) is 0 Å². The predicted molar refractivity (Wildman–Crippen MR) is 107 cm³/mol. The number of thioether (sulfide) groups is 1. The molecule has 6 heteroatoms. The van der Waals surface area contributed by atoms with Crippen LogP contribution in [0.15, 0.2) is 70.6 Å². The summed E-state index contributed by atoms with van der Waals surface area (Å²) in [5, 5.41) is 0. The summed E-state index contributed by atoms with van der Waals surface area (Å²) in [6.07, 6.45) is 1.82. The molecular formula is C18H16N2OS3. The summed E-state index contributed by atoms with van der Waals surface area (Å²) in [6, 6.07) is 17.6. The standard InChI is InChI=1S/C18H16N2OS3/c1-19(14-9-5-6-10-15(14)22)12-16-17(21)20(18(23)24-16)11-13-7-3-2-4-8-13/h2-10,12,22H,11H2,1H3/b16-12+. The minimum absolute atomic E-state index is 0.0580. The number of amides is 1. The van der Waals surface area contributed by atoms with Gasteiger partial charge in [0, 0.05) is 18.1 Å². The lowest BCUT2D eigenvalue weighted by Gasteiger charge is -2.17. The number of thiol groups is 1. The van der Waals surface area contributed by atoms with Crippen molar-refractivity contribution in [2.24, 2.45) is 0 Å². The average Bonchev–Trinajstić information content (AvgIpc) is 2.84. The number of rotatable bonds is 4. The second-order valence-electron chi connectivity index (χ2n) is 5.34. The number of anilines is 1. The first kappa shape index (κ1) is 17.1. The van der Waals surface area contributed by atoms with E-state index in [1.807, 2.05) is 72.7 Å². The summed E-state index contributed by atoms with van der Waals surface area (Å²) in [5.74, 6) is -0.0580. The summed E-state index contributed by atoms with van der Waals surface area (Å²) in [4.78, 5) is 17.7. The first-order valence-electron chi connectivity index (χ1n) is 7.36. The maximum Gasteiger partial charge on any atom is 0.267 e. The molecule has 0 atom stereocenters. The van der Waals surface area contributed by atoms with Gasteiger partial charge in [-0.25, -0.2) is 0 Å². The molecule has 0 spiro atoms. The van der Waals surface area contributed by atoms with E-state index in [2.05, 4.69) is 12.6 Å². The van der Waals surface area contributed by atoms with Crippen LogP contribution in [0.4, 0.5) is 5.69 Å². The Kier molecular flexibility index (Phi) is 5.28. The van der Waals surface area contributed by atoms with Gasteiger partial charge in [0.15, 0.2) is 0 Å². The minimum Gasteiger partial charge on any atom is -0.349 e. The number of thiocarbonyl (C=S) groups is 1. The van der Waals surface area contributed by atoms with Gasteiger partial charge in [-0.15, -0.1) is 12.6 Å². The van der Waals surface area contributed by atoms with Crippen LogP contribution in [0.2, 0.25) is 0 Å². The van der Waals surface area contributed by atoms with E-state index in [1.54, 1.807) is 4.90 Å². The van der Waals surface area contributed by atoms with E-state index < -0.39 is 0 Å². The molecule has 0 radical (unpaired) electrons. The van der Waals surface area contributed by atoms with Crippen LogP contribution in [-0.4, -0.2) is 22.2 Å². The molecule has 3 rings (SSSR count). The molecule has 1 fully saturated rings. The third-order valence-corrected chi connectivity index (χ3v) is 5.37.